The molecule has 1 rings (SSSR count). The number of rotatable bonds is 3. The fourth-order valence-corrected chi connectivity index (χ4v) is 1.14. The van der Waals surface area contributed by atoms with Crippen molar-refractivity contribution in [3.63, 3.8) is 0 Å². The van der Waals surface area contributed by atoms with Gasteiger partial charge in [-0.2, -0.15) is 0 Å². The van der Waals surface area contributed by atoms with Gasteiger partial charge in [0.25, 0.3) is 0 Å². The van der Waals surface area contributed by atoms with Crippen molar-refractivity contribution in [2.24, 2.45) is 7.05 Å². The van der Waals surface area contributed by atoms with Crippen LogP contribution in [-0.2, 0) is 18.4 Å². The second-order valence-electron chi connectivity index (χ2n) is 2.76. The lowest BCUT2D eigenvalue weighted by Gasteiger charge is -2.01. The topological polar surface area (TPSA) is 14.2 Å². The van der Waals surface area contributed by atoms with E-state index in [1.54, 1.807) is 0 Å². The predicted octanol–water partition coefficient (Wildman–Crippen LogP) is 2.90. The Morgan fingerprint density at radius 2 is 2.00 bits per heavy atom. The molecule has 0 saturated carbocycles. The highest BCUT2D eigenvalue weighted by molar-refractivity contribution is 5.15. The van der Waals surface area contributed by atoms with Gasteiger partial charge in [0, 0.05) is 25.5 Å². The summed E-state index contributed by atoms with van der Waals surface area (Å²) >= 11 is 0. The van der Waals surface area contributed by atoms with E-state index in [9.17, 15) is 0 Å². The first kappa shape index (κ1) is 12.2. The number of hydrogen-bond acceptors (Lipinski definition) is 1. The van der Waals surface area contributed by atoms with Crippen LogP contribution in [0.15, 0.2) is 12.3 Å². The zero-order valence-electron chi connectivity index (χ0n) is 9.42. The zero-order chi connectivity index (χ0) is 10.3. The molecule has 2 heteroatoms. The van der Waals surface area contributed by atoms with Crippen LogP contribution < -0.4 is 0 Å². The molecule has 0 aliphatic carbocycles. The number of aromatic nitrogens is 1. The number of hydrogen-bond donors (Lipinski definition) is 0. The average Bonchev–Trinajstić information content (AvgIpc) is 2.45. The Morgan fingerprint density at radius 3 is 2.38 bits per heavy atom. The Morgan fingerprint density at radius 1 is 1.38 bits per heavy atom. The Labute approximate surface area is 81.5 Å². The summed E-state index contributed by atoms with van der Waals surface area (Å²) < 4.78 is 7.40. The summed E-state index contributed by atoms with van der Waals surface area (Å²) in [5.41, 5.74) is 2.53. The van der Waals surface area contributed by atoms with Crippen LogP contribution in [0.25, 0.3) is 0 Å². The Hall–Kier alpha value is -0.760. The first-order chi connectivity index (χ1) is 6.24. The maximum Gasteiger partial charge on any atom is 0.0867 e. The van der Waals surface area contributed by atoms with Crippen molar-refractivity contribution in [2.75, 3.05) is 6.61 Å². The van der Waals surface area contributed by atoms with Crippen molar-refractivity contribution in [3.8, 4) is 0 Å². The number of aryl methyl sites for hydroxylation is 2. The largest absolute Gasteiger partial charge is 0.376 e. The lowest BCUT2D eigenvalue weighted by Crippen LogP contribution is -1.97. The fourth-order valence-electron chi connectivity index (χ4n) is 1.14. The molecule has 0 aliphatic rings. The molecule has 0 saturated heterocycles. The van der Waals surface area contributed by atoms with Gasteiger partial charge in [-0.05, 0) is 25.5 Å². The Bertz CT molecular complexity index is 228. The number of ether oxygens (including phenoxy) is 1. The van der Waals surface area contributed by atoms with E-state index >= 15 is 0 Å². The van der Waals surface area contributed by atoms with E-state index in [0.29, 0.717) is 0 Å². The van der Waals surface area contributed by atoms with Crippen molar-refractivity contribution in [1.82, 2.24) is 4.57 Å². The molecule has 1 aromatic heterocycles. The highest BCUT2D eigenvalue weighted by Gasteiger charge is 1.98. The van der Waals surface area contributed by atoms with Crippen molar-refractivity contribution in [3.05, 3.63) is 23.5 Å². The molecule has 0 amide bonds. The van der Waals surface area contributed by atoms with E-state index < -0.39 is 0 Å². The average molecular weight is 183 g/mol. The number of nitrogens with zero attached hydrogens (tertiary/aromatic N) is 1. The smallest absolute Gasteiger partial charge is 0.0867 e. The molecule has 0 bridgehead atoms. The van der Waals surface area contributed by atoms with Gasteiger partial charge in [-0.15, -0.1) is 0 Å². The maximum absolute atomic E-state index is 5.29. The molecule has 0 radical (unpaired) electrons. The highest BCUT2D eigenvalue weighted by Crippen LogP contribution is 2.06. The molecule has 0 fully saturated rings. The summed E-state index contributed by atoms with van der Waals surface area (Å²) in [5.74, 6) is 0. The lowest BCUT2D eigenvalue weighted by atomic mass is 10.3. The molecular weight excluding hydrogens is 162 g/mol. The second-order valence-corrected chi connectivity index (χ2v) is 2.76. The summed E-state index contributed by atoms with van der Waals surface area (Å²) in [6.45, 7) is 9.61. The van der Waals surface area contributed by atoms with E-state index in [4.69, 9.17) is 4.74 Å². The third kappa shape index (κ3) is 4.13. The van der Waals surface area contributed by atoms with Crippen LogP contribution in [-0.4, -0.2) is 11.2 Å². The molecule has 0 aromatic carbocycles. The molecule has 2 nitrogen and oxygen atoms in total. The van der Waals surface area contributed by atoms with E-state index in [0.717, 1.165) is 13.2 Å². The summed E-state index contributed by atoms with van der Waals surface area (Å²) in [6, 6.07) is 2.15. The van der Waals surface area contributed by atoms with E-state index in [1.807, 2.05) is 27.8 Å². The minimum atomic E-state index is 0.723. The summed E-state index contributed by atoms with van der Waals surface area (Å²) in [7, 11) is 2.04. The van der Waals surface area contributed by atoms with Gasteiger partial charge in [-0.1, -0.05) is 13.8 Å². The predicted molar refractivity (Wildman–Crippen MR) is 56.8 cm³/mol. The Balaban J connectivity index is 0.000000671. The molecule has 0 N–H and O–H groups in total. The summed E-state index contributed by atoms with van der Waals surface area (Å²) in [6.07, 6.45) is 2.11. The summed E-state index contributed by atoms with van der Waals surface area (Å²) in [5, 5.41) is 0. The minimum Gasteiger partial charge on any atom is -0.376 e. The SMILES string of the molecule is CC.CCOCc1cc(C)cn1C. The molecule has 0 aliphatic heterocycles. The van der Waals surface area contributed by atoms with Gasteiger partial charge in [-0.3, -0.25) is 0 Å². The molecule has 1 heterocycles. The van der Waals surface area contributed by atoms with Crippen LogP contribution in [0.5, 0.6) is 0 Å². The second kappa shape index (κ2) is 6.72. The first-order valence-electron chi connectivity index (χ1n) is 4.93. The zero-order valence-corrected chi connectivity index (χ0v) is 9.42. The van der Waals surface area contributed by atoms with Crippen LogP contribution in [0.2, 0.25) is 0 Å². The van der Waals surface area contributed by atoms with Crippen LogP contribution in [0, 0.1) is 6.92 Å². The molecule has 76 valence electrons. The van der Waals surface area contributed by atoms with Crippen LogP contribution in [0.1, 0.15) is 32.0 Å². The van der Waals surface area contributed by atoms with Gasteiger partial charge < -0.3 is 9.30 Å². The molecular formula is C11H21NO. The third-order valence-corrected chi connectivity index (χ3v) is 1.70. The minimum absolute atomic E-state index is 0.723. The van der Waals surface area contributed by atoms with Gasteiger partial charge in [0.1, 0.15) is 0 Å². The quantitative estimate of drug-likeness (QED) is 0.703. The highest BCUT2D eigenvalue weighted by atomic mass is 16.5. The fraction of sp³-hybridized carbons (Fsp3) is 0.636. The molecule has 13 heavy (non-hydrogen) atoms. The maximum atomic E-state index is 5.29. The standard InChI is InChI=1S/C9H15NO.C2H6/c1-4-11-7-9-5-8(2)6-10(9)3;1-2/h5-6H,4,7H2,1-3H3;1-2H3. The van der Waals surface area contributed by atoms with Crippen LogP contribution in [0.4, 0.5) is 0 Å². The molecule has 0 unspecified atom stereocenters. The van der Waals surface area contributed by atoms with Crippen LogP contribution >= 0.6 is 0 Å². The monoisotopic (exact) mass is 183 g/mol. The van der Waals surface area contributed by atoms with Crippen molar-refractivity contribution in [1.29, 1.82) is 0 Å². The lowest BCUT2D eigenvalue weighted by molar-refractivity contribution is 0.129. The van der Waals surface area contributed by atoms with E-state index in [1.165, 1.54) is 11.3 Å². The van der Waals surface area contributed by atoms with Gasteiger partial charge in [0.05, 0.1) is 6.61 Å². The van der Waals surface area contributed by atoms with Gasteiger partial charge in [-0.25, -0.2) is 0 Å². The van der Waals surface area contributed by atoms with Gasteiger partial charge in [0.15, 0.2) is 0 Å². The van der Waals surface area contributed by atoms with Gasteiger partial charge >= 0.3 is 0 Å². The molecule has 1 aromatic rings. The normalized spacial score (nSPS) is 9.31. The molecule has 0 atom stereocenters. The van der Waals surface area contributed by atoms with E-state index in [-0.39, 0.29) is 0 Å². The van der Waals surface area contributed by atoms with Gasteiger partial charge in [0.2, 0.25) is 0 Å². The van der Waals surface area contributed by atoms with Crippen LogP contribution in [0.3, 0.4) is 0 Å². The van der Waals surface area contributed by atoms with Crippen molar-refractivity contribution in [2.45, 2.75) is 34.3 Å². The molecule has 0 spiro atoms. The van der Waals surface area contributed by atoms with Crippen molar-refractivity contribution < 1.29 is 4.74 Å². The first-order valence-corrected chi connectivity index (χ1v) is 4.93. The Kier molecular flexibility index (Phi) is 6.33. The van der Waals surface area contributed by atoms with E-state index in [2.05, 4.69) is 23.8 Å². The van der Waals surface area contributed by atoms with Crippen molar-refractivity contribution >= 4 is 0 Å². The summed E-state index contributed by atoms with van der Waals surface area (Å²) in [4.78, 5) is 0. The third-order valence-electron chi connectivity index (χ3n) is 1.70.